The number of hydrogen-bond donors (Lipinski definition) is 0. The Morgan fingerprint density at radius 1 is 1.35 bits per heavy atom. The maximum absolute atomic E-state index is 13.6. The third-order valence-electron chi connectivity index (χ3n) is 4.40. The first-order valence-electron chi connectivity index (χ1n) is 8.22. The first-order chi connectivity index (χ1) is 12.5. The molecule has 0 spiro atoms. The highest BCUT2D eigenvalue weighted by molar-refractivity contribution is 7.22. The summed E-state index contributed by atoms with van der Waals surface area (Å²) in [5.74, 6) is -0.525. The number of carbonyl (C=O) groups is 1. The van der Waals surface area contributed by atoms with Crippen molar-refractivity contribution >= 4 is 32.7 Å². The van der Waals surface area contributed by atoms with Crippen molar-refractivity contribution in [2.24, 2.45) is 0 Å². The van der Waals surface area contributed by atoms with E-state index in [0.29, 0.717) is 17.2 Å². The number of rotatable bonds is 3. The van der Waals surface area contributed by atoms with E-state index in [1.807, 2.05) is 37.1 Å². The molecular weight excluding hydrogens is 352 g/mol. The molecule has 8 heteroatoms. The molecule has 4 rings (SSSR count). The van der Waals surface area contributed by atoms with Gasteiger partial charge in [0.05, 0.1) is 22.3 Å². The summed E-state index contributed by atoms with van der Waals surface area (Å²) < 4.78 is 5.74. The SMILES string of the molecule is Cc1ccc2sc([N+]3([O-])CN(C)CC3OC(=O)c3ccncc3)nc2c1. The smallest absolute Gasteiger partial charge is 0.342 e. The van der Waals surface area contributed by atoms with Gasteiger partial charge in [0, 0.05) is 12.4 Å². The van der Waals surface area contributed by atoms with E-state index >= 15 is 0 Å². The maximum atomic E-state index is 13.6. The summed E-state index contributed by atoms with van der Waals surface area (Å²) in [6, 6.07) is 9.06. The highest BCUT2D eigenvalue weighted by Crippen LogP contribution is 2.37. The Labute approximate surface area is 154 Å². The van der Waals surface area contributed by atoms with Crippen LogP contribution < -0.4 is 4.65 Å². The number of likely N-dealkylation sites (N-methyl/N-ethyl adjacent to an activating group) is 1. The molecule has 0 saturated carbocycles. The van der Waals surface area contributed by atoms with Gasteiger partial charge in [0.1, 0.15) is 6.67 Å². The average molecular weight is 370 g/mol. The molecule has 2 unspecified atom stereocenters. The lowest BCUT2D eigenvalue weighted by molar-refractivity contribution is 0.00572. The summed E-state index contributed by atoms with van der Waals surface area (Å²) >= 11 is 1.35. The number of quaternary nitrogens is 1. The molecule has 3 aromatic rings. The number of carbonyl (C=O) groups excluding carboxylic acids is 1. The second-order valence-electron chi connectivity index (χ2n) is 6.54. The zero-order valence-electron chi connectivity index (χ0n) is 14.5. The molecule has 2 aromatic heterocycles. The van der Waals surface area contributed by atoms with Crippen LogP contribution in [-0.2, 0) is 4.74 Å². The largest absolute Gasteiger partial charge is 0.622 e. The van der Waals surface area contributed by atoms with Gasteiger partial charge in [0.2, 0.25) is 0 Å². The van der Waals surface area contributed by atoms with E-state index in [2.05, 4.69) is 9.97 Å². The zero-order valence-corrected chi connectivity index (χ0v) is 15.3. The number of hydroxylamine groups is 2. The molecular formula is C18H18N4O3S. The van der Waals surface area contributed by atoms with Gasteiger partial charge in [-0.1, -0.05) is 17.4 Å². The van der Waals surface area contributed by atoms with Gasteiger partial charge < -0.3 is 9.94 Å². The molecule has 1 saturated heterocycles. The van der Waals surface area contributed by atoms with Crippen LogP contribution in [0.1, 0.15) is 15.9 Å². The number of benzene rings is 1. The number of pyridine rings is 1. The number of nitrogens with zero attached hydrogens (tertiary/aromatic N) is 4. The molecule has 1 aliphatic rings. The van der Waals surface area contributed by atoms with Crippen LogP contribution >= 0.6 is 11.3 Å². The normalized spacial score (nSPS) is 23.4. The van der Waals surface area contributed by atoms with E-state index in [0.717, 1.165) is 15.8 Å². The Bertz CT molecular complexity index is 961. The number of hydrogen-bond acceptors (Lipinski definition) is 7. The van der Waals surface area contributed by atoms with Crippen LogP contribution in [0.3, 0.4) is 0 Å². The van der Waals surface area contributed by atoms with Gasteiger partial charge in [0.15, 0.2) is 0 Å². The van der Waals surface area contributed by atoms with E-state index < -0.39 is 16.8 Å². The van der Waals surface area contributed by atoms with Crippen molar-refractivity contribution in [2.45, 2.75) is 13.2 Å². The van der Waals surface area contributed by atoms with Crippen LogP contribution in [0.4, 0.5) is 5.13 Å². The molecule has 26 heavy (non-hydrogen) atoms. The minimum absolute atomic E-state index is 0.188. The number of thiazole rings is 1. The third-order valence-corrected chi connectivity index (χ3v) is 5.55. The summed E-state index contributed by atoms with van der Waals surface area (Å²) in [5.41, 5.74) is 2.26. The number of fused-ring (bicyclic) bond motifs is 1. The molecule has 3 heterocycles. The number of esters is 1. The maximum Gasteiger partial charge on any atom is 0.342 e. The van der Waals surface area contributed by atoms with Crippen LogP contribution in [0.25, 0.3) is 10.2 Å². The van der Waals surface area contributed by atoms with Crippen molar-refractivity contribution in [3.63, 3.8) is 0 Å². The summed E-state index contributed by atoms with van der Waals surface area (Å²) in [6.45, 7) is 2.53. The van der Waals surface area contributed by atoms with E-state index in [9.17, 15) is 10.0 Å². The van der Waals surface area contributed by atoms with Gasteiger partial charge in [-0.2, -0.15) is 4.98 Å². The quantitative estimate of drug-likeness (QED) is 0.401. The van der Waals surface area contributed by atoms with Crippen LogP contribution in [0.5, 0.6) is 0 Å². The second kappa shape index (κ2) is 6.40. The Hall–Kier alpha value is -2.39. The molecule has 0 radical (unpaired) electrons. The molecule has 1 fully saturated rings. The van der Waals surface area contributed by atoms with Crippen molar-refractivity contribution in [3.8, 4) is 0 Å². The zero-order chi connectivity index (χ0) is 18.3. The van der Waals surface area contributed by atoms with E-state index in [1.54, 1.807) is 12.1 Å². The predicted molar refractivity (Wildman–Crippen MR) is 100 cm³/mol. The van der Waals surface area contributed by atoms with E-state index in [4.69, 9.17) is 4.74 Å². The Balaban J connectivity index is 1.66. The van der Waals surface area contributed by atoms with E-state index in [-0.39, 0.29) is 6.67 Å². The van der Waals surface area contributed by atoms with E-state index in [1.165, 1.54) is 23.7 Å². The van der Waals surface area contributed by atoms with Gasteiger partial charge in [-0.25, -0.2) is 9.69 Å². The monoisotopic (exact) mass is 370 g/mol. The lowest BCUT2D eigenvalue weighted by Gasteiger charge is -2.38. The molecule has 0 bridgehead atoms. The summed E-state index contributed by atoms with van der Waals surface area (Å²) in [4.78, 5) is 22.7. The minimum atomic E-state index is -0.859. The Morgan fingerprint density at radius 2 is 2.12 bits per heavy atom. The Kier molecular flexibility index (Phi) is 4.20. The van der Waals surface area contributed by atoms with Crippen LogP contribution in [0.2, 0.25) is 0 Å². The number of aromatic nitrogens is 2. The first kappa shape index (κ1) is 17.0. The molecule has 7 nitrogen and oxygen atoms in total. The van der Waals surface area contributed by atoms with Crippen molar-refractivity contribution in [2.75, 3.05) is 20.3 Å². The first-order valence-corrected chi connectivity index (χ1v) is 9.03. The standard InChI is InChI=1S/C18H18N4O3S/c1-12-3-4-15-14(9-12)20-18(26-15)22(24)11-21(2)10-16(22)25-17(23)13-5-7-19-8-6-13/h3-9,16H,10-11H2,1-2H3. The summed E-state index contributed by atoms with van der Waals surface area (Å²) in [7, 11) is 1.84. The van der Waals surface area contributed by atoms with Crippen molar-refractivity contribution < 1.29 is 9.53 Å². The predicted octanol–water partition coefficient (Wildman–Crippen LogP) is 2.89. The minimum Gasteiger partial charge on any atom is -0.622 e. The van der Waals surface area contributed by atoms with Crippen LogP contribution in [-0.4, -0.2) is 47.3 Å². The number of ether oxygens (including phenoxy) is 1. The fourth-order valence-electron chi connectivity index (χ4n) is 3.08. The molecule has 0 amide bonds. The number of aryl methyl sites for hydroxylation is 1. The molecule has 1 aromatic carbocycles. The summed E-state index contributed by atoms with van der Waals surface area (Å²) in [5, 5.41) is 14.0. The molecule has 0 aliphatic carbocycles. The van der Waals surface area contributed by atoms with Crippen LogP contribution in [0, 0.1) is 12.1 Å². The third kappa shape index (κ3) is 2.97. The molecule has 1 aliphatic heterocycles. The van der Waals surface area contributed by atoms with Gasteiger partial charge in [0.25, 0.3) is 11.4 Å². The summed E-state index contributed by atoms with van der Waals surface area (Å²) in [6.07, 6.45) is 2.18. The van der Waals surface area contributed by atoms with Gasteiger partial charge in [-0.05, 0) is 43.8 Å². The highest BCUT2D eigenvalue weighted by Gasteiger charge is 2.45. The second-order valence-corrected chi connectivity index (χ2v) is 7.55. The lowest BCUT2D eigenvalue weighted by Crippen LogP contribution is -2.50. The van der Waals surface area contributed by atoms with Crippen molar-refractivity contribution in [3.05, 3.63) is 59.1 Å². The molecule has 134 valence electrons. The van der Waals surface area contributed by atoms with Gasteiger partial charge >= 0.3 is 5.97 Å². The van der Waals surface area contributed by atoms with Crippen LogP contribution in [0.15, 0.2) is 42.7 Å². The topological polar surface area (TPSA) is 78.4 Å². The van der Waals surface area contributed by atoms with Crippen molar-refractivity contribution in [1.29, 1.82) is 0 Å². The fraction of sp³-hybridized carbons (Fsp3) is 0.278. The van der Waals surface area contributed by atoms with Gasteiger partial charge in [-0.3, -0.25) is 9.63 Å². The molecule has 2 atom stereocenters. The lowest BCUT2D eigenvalue weighted by atomic mass is 10.2. The molecule has 0 N–H and O–H groups in total. The average Bonchev–Trinajstić information content (AvgIpc) is 3.17. The van der Waals surface area contributed by atoms with Crippen molar-refractivity contribution in [1.82, 2.24) is 19.5 Å². The highest BCUT2D eigenvalue weighted by atomic mass is 32.1. The fourth-order valence-corrected chi connectivity index (χ4v) is 4.09. The van der Waals surface area contributed by atoms with Gasteiger partial charge in [-0.15, -0.1) is 0 Å². The Morgan fingerprint density at radius 3 is 2.88 bits per heavy atom.